The van der Waals surface area contributed by atoms with E-state index in [9.17, 15) is 9.59 Å². The number of nitrogens with one attached hydrogen (secondary N) is 1. The Bertz CT molecular complexity index is 862. The van der Waals surface area contributed by atoms with Gasteiger partial charge in [0, 0.05) is 6.54 Å². The highest BCUT2D eigenvalue weighted by molar-refractivity contribution is 5.80. The van der Waals surface area contributed by atoms with Crippen molar-refractivity contribution in [1.29, 1.82) is 0 Å². The summed E-state index contributed by atoms with van der Waals surface area (Å²) in [5.74, 6) is 0.565. The minimum atomic E-state index is -0.652. The van der Waals surface area contributed by atoms with Crippen LogP contribution in [0.25, 0.3) is 6.08 Å². The van der Waals surface area contributed by atoms with Crippen LogP contribution in [-0.4, -0.2) is 39.3 Å². The highest BCUT2D eigenvalue weighted by Gasteiger charge is 2.11. The van der Waals surface area contributed by atoms with Gasteiger partial charge in [0.05, 0.1) is 14.2 Å². The monoisotopic (exact) mass is 399 g/mol. The van der Waals surface area contributed by atoms with Crippen LogP contribution in [-0.2, 0) is 20.9 Å². The molecule has 2 aromatic carbocycles. The summed E-state index contributed by atoms with van der Waals surface area (Å²) in [5.41, 5.74) is 1.83. The summed E-state index contributed by atoms with van der Waals surface area (Å²) in [6.07, 6.45) is 3.83. The first-order valence-corrected chi connectivity index (χ1v) is 9.04. The molecule has 0 atom stereocenters. The van der Waals surface area contributed by atoms with E-state index in [2.05, 4.69) is 5.32 Å². The third kappa shape index (κ3) is 7.21. The number of amides is 1. The van der Waals surface area contributed by atoms with E-state index >= 15 is 0 Å². The van der Waals surface area contributed by atoms with Gasteiger partial charge in [0.25, 0.3) is 5.91 Å². The van der Waals surface area contributed by atoms with Crippen molar-refractivity contribution in [2.75, 3.05) is 27.4 Å². The molecule has 0 saturated carbocycles. The van der Waals surface area contributed by atoms with Crippen molar-refractivity contribution in [2.24, 2.45) is 0 Å². The van der Waals surface area contributed by atoms with Crippen molar-refractivity contribution >= 4 is 18.0 Å². The van der Waals surface area contributed by atoms with E-state index in [1.165, 1.54) is 7.11 Å². The maximum Gasteiger partial charge on any atom is 0.344 e. The minimum absolute atomic E-state index is 0.305. The van der Waals surface area contributed by atoms with E-state index in [0.717, 1.165) is 11.1 Å². The second-order valence-electron chi connectivity index (χ2n) is 5.99. The Balaban J connectivity index is 1.75. The average molecular weight is 399 g/mol. The summed E-state index contributed by atoms with van der Waals surface area (Å²) >= 11 is 0. The number of benzene rings is 2. The van der Waals surface area contributed by atoms with Crippen LogP contribution >= 0.6 is 0 Å². The van der Waals surface area contributed by atoms with Crippen molar-refractivity contribution < 1.29 is 28.5 Å². The van der Waals surface area contributed by atoms with Gasteiger partial charge in [0.1, 0.15) is 5.75 Å². The van der Waals surface area contributed by atoms with Gasteiger partial charge in [-0.25, -0.2) is 4.79 Å². The molecule has 7 heteroatoms. The molecule has 0 bridgehead atoms. The molecule has 29 heavy (non-hydrogen) atoms. The number of methoxy groups -OCH3 is 2. The zero-order valence-corrected chi connectivity index (χ0v) is 16.8. The minimum Gasteiger partial charge on any atom is -0.497 e. The van der Waals surface area contributed by atoms with Crippen LogP contribution < -0.4 is 19.5 Å². The first kappa shape index (κ1) is 21.8. The van der Waals surface area contributed by atoms with Gasteiger partial charge >= 0.3 is 5.97 Å². The zero-order valence-electron chi connectivity index (χ0n) is 16.8. The SMILES string of the molecule is C/C=C/c1ccc(OCC(=O)OCC(=O)NCc2cccc(OC)c2)c(OC)c1. The van der Waals surface area contributed by atoms with Crippen LogP contribution in [0.5, 0.6) is 17.2 Å². The van der Waals surface area contributed by atoms with Gasteiger partial charge in [-0.2, -0.15) is 0 Å². The predicted molar refractivity (Wildman–Crippen MR) is 109 cm³/mol. The number of allylic oxidation sites excluding steroid dienone is 1. The number of esters is 1. The fourth-order valence-electron chi connectivity index (χ4n) is 2.46. The molecule has 2 rings (SSSR count). The summed E-state index contributed by atoms with van der Waals surface area (Å²) < 4.78 is 20.8. The van der Waals surface area contributed by atoms with Crippen LogP contribution in [0.15, 0.2) is 48.5 Å². The van der Waals surface area contributed by atoms with E-state index in [1.807, 2.05) is 49.4 Å². The van der Waals surface area contributed by atoms with Crippen LogP contribution in [0.2, 0.25) is 0 Å². The molecule has 1 N–H and O–H groups in total. The maximum atomic E-state index is 11.9. The van der Waals surface area contributed by atoms with Crippen molar-refractivity contribution in [2.45, 2.75) is 13.5 Å². The lowest BCUT2D eigenvalue weighted by atomic mass is 10.2. The van der Waals surface area contributed by atoms with Gasteiger partial charge in [-0.05, 0) is 42.3 Å². The van der Waals surface area contributed by atoms with Crippen molar-refractivity contribution in [3.63, 3.8) is 0 Å². The topological polar surface area (TPSA) is 83.1 Å². The largest absolute Gasteiger partial charge is 0.497 e. The third-order valence-electron chi connectivity index (χ3n) is 3.88. The highest BCUT2D eigenvalue weighted by Crippen LogP contribution is 2.28. The van der Waals surface area contributed by atoms with Crippen LogP contribution in [0, 0.1) is 0 Å². The fourth-order valence-corrected chi connectivity index (χ4v) is 2.46. The Labute approximate surface area is 170 Å². The van der Waals surface area contributed by atoms with E-state index in [4.69, 9.17) is 18.9 Å². The van der Waals surface area contributed by atoms with Crippen LogP contribution in [0.3, 0.4) is 0 Å². The molecule has 0 fully saturated rings. The lowest BCUT2D eigenvalue weighted by molar-refractivity contribution is -0.150. The normalized spacial score (nSPS) is 10.4. The van der Waals surface area contributed by atoms with Gasteiger partial charge in [-0.3, -0.25) is 4.79 Å². The number of hydrogen-bond acceptors (Lipinski definition) is 6. The standard InChI is InChI=1S/C22H25NO6/c1-4-6-16-9-10-19(20(12-16)27-3)28-15-22(25)29-14-21(24)23-13-17-7-5-8-18(11-17)26-2/h4-12H,13-15H2,1-3H3,(H,23,24)/b6-4+. The summed E-state index contributed by atoms with van der Waals surface area (Å²) in [5, 5.41) is 2.68. The number of rotatable bonds is 10. The summed E-state index contributed by atoms with van der Waals surface area (Å²) in [4.78, 5) is 23.7. The van der Waals surface area contributed by atoms with Gasteiger partial charge < -0.3 is 24.3 Å². The quantitative estimate of drug-likeness (QED) is 0.619. The molecule has 0 saturated heterocycles. The number of carbonyl (C=O) groups is 2. The lowest BCUT2D eigenvalue weighted by Crippen LogP contribution is -2.29. The predicted octanol–water partition coefficient (Wildman–Crippen LogP) is 2.98. The smallest absolute Gasteiger partial charge is 0.344 e. The molecule has 1 amide bonds. The molecular formula is C22H25NO6. The van der Waals surface area contributed by atoms with Gasteiger partial charge in [0.2, 0.25) is 0 Å². The van der Waals surface area contributed by atoms with E-state index in [0.29, 0.717) is 23.8 Å². The summed E-state index contributed by atoms with van der Waals surface area (Å²) in [6, 6.07) is 12.7. The number of carbonyl (C=O) groups excluding carboxylic acids is 2. The molecule has 0 spiro atoms. The summed E-state index contributed by atoms with van der Waals surface area (Å²) in [7, 11) is 3.10. The molecule has 0 aromatic heterocycles. The summed E-state index contributed by atoms with van der Waals surface area (Å²) in [6.45, 7) is 1.51. The molecule has 0 unspecified atom stereocenters. The molecule has 154 valence electrons. The highest BCUT2D eigenvalue weighted by atomic mass is 16.6. The van der Waals surface area contributed by atoms with E-state index in [1.54, 1.807) is 19.2 Å². The van der Waals surface area contributed by atoms with Crippen LogP contribution in [0.1, 0.15) is 18.1 Å². The Morgan fingerprint density at radius 2 is 1.83 bits per heavy atom. The molecule has 0 radical (unpaired) electrons. The number of ether oxygens (including phenoxy) is 4. The molecule has 7 nitrogen and oxygen atoms in total. The molecule has 0 aliphatic carbocycles. The van der Waals surface area contributed by atoms with Crippen molar-refractivity contribution in [3.8, 4) is 17.2 Å². The third-order valence-corrected chi connectivity index (χ3v) is 3.88. The fraction of sp³-hybridized carbons (Fsp3) is 0.273. The first-order valence-electron chi connectivity index (χ1n) is 9.04. The molecule has 0 heterocycles. The molecular weight excluding hydrogens is 374 g/mol. The van der Waals surface area contributed by atoms with E-state index in [-0.39, 0.29) is 13.2 Å². The first-order chi connectivity index (χ1) is 14.0. The number of hydrogen-bond donors (Lipinski definition) is 1. The molecule has 0 aliphatic heterocycles. The molecule has 0 aliphatic rings. The zero-order chi connectivity index (χ0) is 21.1. The average Bonchev–Trinajstić information content (AvgIpc) is 2.75. The molecule has 2 aromatic rings. The van der Waals surface area contributed by atoms with Gasteiger partial charge in [-0.1, -0.05) is 30.4 Å². The van der Waals surface area contributed by atoms with Crippen molar-refractivity contribution in [1.82, 2.24) is 5.32 Å². The lowest BCUT2D eigenvalue weighted by Gasteiger charge is -2.11. The Hall–Kier alpha value is -3.48. The Kier molecular flexibility index (Phi) is 8.56. The Morgan fingerprint density at radius 1 is 1.00 bits per heavy atom. The second kappa shape index (κ2) is 11.4. The Morgan fingerprint density at radius 3 is 2.55 bits per heavy atom. The second-order valence-corrected chi connectivity index (χ2v) is 5.99. The van der Waals surface area contributed by atoms with Gasteiger partial charge in [-0.15, -0.1) is 0 Å². The van der Waals surface area contributed by atoms with Crippen molar-refractivity contribution in [3.05, 3.63) is 59.7 Å². The van der Waals surface area contributed by atoms with E-state index < -0.39 is 11.9 Å². The van der Waals surface area contributed by atoms with Gasteiger partial charge in [0.15, 0.2) is 24.7 Å². The maximum absolute atomic E-state index is 11.9. The van der Waals surface area contributed by atoms with Crippen LogP contribution in [0.4, 0.5) is 0 Å².